The third-order valence-electron chi connectivity index (χ3n) is 2.98. The Bertz CT molecular complexity index is 596. The minimum atomic E-state index is 0.390. The van der Waals surface area contributed by atoms with Gasteiger partial charge in [0.05, 0.1) is 6.54 Å². The molecule has 0 atom stereocenters. The van der Waals surface area contributed by atoms with E-state index in [1.54, 1.807) is 0 Å². The van der Waals surface area contributed by atoms with E-state index in [1.165, 1.54) is 11.1 Å². The first-order valence-electron chi connectivity index (χ1n) is 6.64. The van der Waals surface area contributed by atoms with Gasteiger partial charge in [0.15, 0.2) is 0 Å². The lowest BCUT2D eigenvalue weighted by Gasteiger charge is -2.17. The molecule has 3 nitrogen and oxygen atoms in total. The van der Waals surface area contributed by atoms with E-state index in [1.807, 2.05) is 42.7 Å². The summed E-state index contributed by atoms with van der Waals surface area (Å²) < 4.78 is 0. The normalized spacial score (nSPS) is 10.2. The number of hydrogen-bond donors (Lipinski definition) is 1. The minimum absolute atomic E-state index is 0.390. The van der Waals surface area contributed by atoms with E-state index in [9.17, 15) is 0 Å². The average molecular weight is 265 g/mol. The maximum absolute atomic E-state index is 5.44. The number of pyridine rings is 1. The molecule has 1 aromatic carbocycles. The van der Waals surface area contributed by atoms with Gasteiger partial charge in [-0.25, -0.2) is 0 Å². The summed E-state index contributed by atoms with van der Waals surface area (Å²) in [4.78, 5) is 6.30. The van der Waals surface area contributed by atoms with Crippen LogP contribution in [-0.2, 0) is 13.1 Å². The van der Waals surface area contributed by atoms with Gasteiger partial charge in [0, 0.05) is 31.0 Å². The summed E-state index contributed by atoms with van der Waals surface area (Å²) in [6.45, 7) is 2.14. The van der Waals surface area contributed by atoms with Crippen LogP contribution in [0.4, 0.5) is 0 Å². The van der Waals surface area contributed by atoms with Gasteiger partial charge in [-0.15, -0.1) is 0 Å². The topological polar surface area (TPSA) is 42.2 Å². The molecule has 0 amide bonds. The molecule has 1 aromatic heterocycles. The highest BCUT2D eigenvalue weighted by atomic mass is 15.1. The second kappa shape index (κ2) is 7.44. The fraction of sp³-hybridized carbons (Fsp3) is 0.235. The van der Waals surface area contributed by atoms with Crippen LogP contribution in [-0.4, -0.2) is 23.5 Å². The molecule has 1 heterocycles. The Labute approximate surface area is 120 Å². The van der Waals surface area contributed by atoms with E-state index in [0.717, 1.165) is 18.7 Å². The molecule has 0 radical (unpaired) electrons. The standard InChI is InChI=1S/C17H19N3/c1-20(13-15-8-11-19-12-9-15)14-17-6-3-2-5-16(17)7-4-10-18/h2-3,5-6,8-9,11-12H,10,13-14,18H2,1H3. The zero-order valence-electron chi connectivity index (χ0n) is 11.7. The third-order valence-corrected chi connectivity index (χ3v) is 2.98. The molecule has 0 unspecified atom stereocenters. The average Bonchev–Trinajstić information content (AvgIpc) is 2.47. The van der Waals surface area contributed by atoms with E-state index in [4.69, 9.17) is 5.73 Å². The van der Waals surface area contributed by atoms with Gasteiger partial charge in [0.1, 0.15) is 0 Å². The van der Waals surface area contributed by atoms with Crippen molar-refractivity contribution < 1.29 is 0 Å². The zero-order chi connectivity index (χ0) is 14.2. The highest BCUT2D eigenvalue weighted by molar-refractivity contribution is 5.41. The van der Waals surface area contributed by atoms with E-state index < -0.39 is 0 Å². The third kappa shape index (κ3) is 4.20. The molecule has 2 rings (SSSR count). The monoisotopic (exact) mass is 265 g/mol. The van der Waals surface area contributed by atoms with E-state index in [-0.39, 0.29) is 0 Å². The van der Waals surface area contributed by atoms with Gasteiger partial charge in [-0.3, -0.25) is 9.88 Å². The van der Waals surface area contributed by atoms with Crippen molar-refractivity contribution in [3.8, 4) is 11.8 Å². The lowest BCUT2D eigenvalue weighted by atomic mass is 10.1. The van der Waals surface area contributed by atoms with Gasteiger partial charge in [0.25, 0.3) is 0 Å². The Morgan fingerprint density at radius 3 is 2.60 bits per heavy atom. The largest absolute Gasteiger partial charge is 0.320 e. The summed E-state index contributed by atoms with van der Waals surface area (Å²) in [5.41, 5.74) is 8.98. The van der Waals surface area contributed by atoms with Crippen LogP contribution >= 0.6 is 0 Å². The van der Waals surface area contributed by atoms with Crippen LogP contribution in [0.5, 0.6) is 0 Å². The summed E-state index contributed by atoms with van der Waals surface area (Å²) in [6, 6.07) is 12.3. The molecule has 0 fully saturated rings. The van der Waals surface area contributed by atoms with Crippen LogP contribution in [0.2, 0.25) is 0 Å². The first-order valence-corrected chi connectivity index (χ1v) is 6.64. The van der Waals surface area contributed by atoms with Crippen LogP contribution in [0.1, 0.15) is 16.7 Å². The molecule has 0 aliphatic carbocycles. The maximum Gasteiger partial charge on any atom is 0.0555 e. The summed E-state index contributed by atoms with van der Waals surface area (Å²) in [7, 11) is 2.10. The van der Waals surface area contributed by atoms with Gasteiger partial charge in [-0.05, 0) is 36.4 Å². The van der Waals surface area contributed by atoms with Crippen molar-refractivity contribution in [2.75, 3.05) is 13.6 Å². The zero-order valence-corrected chi connectivity index (χ0v) is 11.7. The number of nitrogens with two attached hydrogens (primary N) is 1. The molecule has 2 aromatic rings. The van der Waals surface area contributed by atoms with Gasteiger partial charge in [-0.2, -0.15) is 0 Å². The summed E-state index contributed by atoms with van der Waals surface area (Å²) in [5, 5.41) is 0. The molecule has 0 aliphatic rings. The van der Waals surface area contributed by atoms with Crippen molar-refractivity contribution >= 4 is 0 Å². The van der Waals surface area contributed by atoms with Crippen molar-refractivity contribution in [1.29, 1.82) is 0 Å². The molecular formula is C17H19N3. The molecular weight excluding hydrogens is 246 g/mol. The van der Waals surface area contributed by atoms with Crippen molar-refractivity contribution in [2.45, 2.75) is 13.1 Å². The molecule has 0 spiro atoms. The molecule has 0 saturated carbocycles. The lowest BCUT2D eigenvalue weighted by Crippen LogP contribution is -2.17. The molecule has 0 aliphatic heterocycles. The molecule has 3 heteroatoms. The van der Waals surface area contributed by atoms with Gasteiger partial charge < -0.3 is 5.73 Å². The van der Waals surface area contributed by atoms with Crippen molar-refractivity contribution in [1.82, 2.24) is 9.88 Å². The van der Waals surface area contributed by atoms with E-state index in [0.29, 0.717) is 6.54 Å². The van der Waals surface area contributed by atoms with Gasteiger partial charge in [-0.1, -0.05) is 30.0 Å². The minimum Gasteiger partial charge on any atom is -0.320 e. The van der Waals surface area contributed by atoms with Crippen LogP contribution in [0.25, 0.3) is 0 Å². The first-order chi connectivity index (χ1) is 9.79. The Kier molecular flexibility index (Phi) is 5.31. The Balaban J connectivity index is 2.06. The van der Waals surface area contributed by atoms with Crippen LogP contribution in [0, 0.1) is 11.8 Å². The van der Waals surface area contributed by atoms with Crippen LogP contribution in [0.15, 0.2) is 48.8 Å². The fourth-order valence-corrected chi connectivity index (χ4v) is 2.07. The van der Waals surface area contributed by atoms with Gasteiger partial charge in [0.2, 0.25) is 0 Å². The SMILES string of the molecule is CN(Cc1ccncc1)Cc1ccccc1C#CCN. The quantitative estimate of drug-likeness (QED) is 0.860. The van der Waals surface area contributed by atoms with Crippen LogP contribution in [0.3, 0.4) is 0 Å². The first kappa shape index (κ1) is 14.3. The van der Waals surface area contributed by atoms with E-state index in [2.05, 4.69) is 34.8 Å². The van der Waals surface area contributed by atoms with Crippen LogP contribution < -0.4 is 5.73 Å². The molecule has 2 N–H and O–H groups in total. The second-order valence-electron chi connectivity index (χ2n) is 4.69. The second-order valence-corrected chi connectivity index (χ2v) is 4.69. The summed E-state index contributed by atoms with van der Waals surface area (Å²) >= 11 is 0. The summed E-state index contributed by atoms with van der Waals surface area (Å²) in [6.07, 6.45) is 3.65. The molecule has 102 valence electrons. The van der Waals surface area contributed by atoms with Crippen molar-refractivity contribution in [3.63, 3.8) is 0 Å². The van der Waals surface area contributed by atoms with E-state index >= 15 is 0 Å². The molecule has 0 saturated heterocycles. The maximum atomic E-state index is 5.44. The highest BCUT2D eigenvalue weighted by Gasteiger charge is 2.04. The lowest BCUT2D eigenvalue weighted by molar-refractivity contribution is 0.319. The Hall–Kier alpha value is -2.15. The van der Waals surface area contributed by atoms with Gasteiger partial charge >= 0.3 is 0 Å². The Morgan fingerprint density at radius 2 is 1.85 bits per heavy atom. The smallest absolute Gasteiger partial charge is 0.0555 e. The number of rotatable bonds is 4. The number of hydrogen-bond acceptors (Lipinski definition) is 3. The fourth-order valence-electron chi connectivity index (χ4n) is 2.07. The predicted molar refractivity (Wildman–Crippen MR) is 81.8 cm³/mol. The summed E-state index contributed by atoms with van der Waals surface area (Å²) in [5.74, 6) is 6.05. The molecule has 20 heavy (non-hydrogen) atoms. The number of nitrogens with zero attached hydrogens (tertiary/aromatic N) is 2. The molecule has 0 bridgehead atoms. The van der Waals surface area contributed by atoms with Crippen molar-refractivity contribution in [3.05, 3.63) is 65.5 Å². The predicted octanol–water partition coefficient (Wildman–Crippen LogP) is 2.02. The Morgan fingerprint density at radius 1 is 1.10 bits per heavy atom. The number of aromatic nitrogens is 1. The van der Waals surface area contributed by atoms with Crippen molar-refractivity contribution in [2.24, 2.45) is 5.73 Å². The number of benzene rings is 1. The highest BCUT2D eigenvalue weighted by Crippen LogP contribution is 2.11.